The third-order valence-electron chi connectivity index (χ3n) is 5.90. The molecule has 33 heavy (non-hydrogen) atoms. The van der Waals surface area contributed by atoms with Crippen LogP contribution in [-0.2, 0) is 6.54 Å². The van der Waals surface area contributed by atoms with Crippen LogP contribution in [0.3, 0.4) is 0 Å². The molecule has 0 unspecified atom stereocenters. The minimum absolute atomic E-state index is 0.0421. The van der Waals surface area contributed by atoms with E-state index in [-0.39, 0.29) is 40.7 Å². The van der Waals surface area contributed by atoms with E-state index < -0.39 is 6.04 Å². The molecule has 6 nitrogen and oxygen atoms in total. The maximum absolute atomic E-state index is 13.7. The Balaban J connectivity index is 1.77. The number of carbonyl (C=O) groups excluding carboxylic acids is 1. The third-order valence-corrected chi connectivity index (χ3v) is 6.51. The lowest BCUT2D eigenvalue weighted by Crippen LogP contribution is -2.29. The van der Waals surface area contributed by atoms with Gasteiger partial charge in [-0.05, 0) is 58.2 Å². The van der Waals surface area contributed by atoms with E-state index >= 15 is 0 Å². The van der Waals surface area contributed by atoms with E-state index in [4.69, 9.17) is 9.15 Å². The average Bonchev–Trinajstić information content (AvgIpc) is 3.08. The van der Waals surface area contributed by atoms with E-state index in [0.717, 1.165) is 11.1 Å². The van der Waals surface area contributed by atoms with E-state index in [1.54, 1.807) is 29.2 Å². The fourth-order valence-electron chi connectivity index (χ4n) is 4.33. The maximum Gasteiger partial charge on any atom is 0.291 e. The summed E-state index contributed by atoms with van der Waals surface area (Å²) >= 11 is 3.36. The SMILES string of the molecule is COc1cc([C@H]2c3c(oc4ccc(C)cc4c3=O)C(=O)N2Cc2ccccc2)cc(Br)c1O. The number of phenols is 1. The van der Waals surface area contributed by atoms with Crippen molar-refractivity contribution in [1.82, 2.24) is 4.90 Å². The number of nitrogens with zero attached hydrogens (tertiary/aromatic N) is 1. The van der Waals surface area contributed by atoms with Gasteiger partial charge in [-0.15, -0.1) is 0 Å². The van der Waals surface area contributed by atoms with Crippen molar-refractivity contribution in [2.75, 3.05) is 7.11 Å². The van der Waals surface area contributed by atoms with Crippen molar-refractivity contribution in [3.05, 3.63) is 103 Å². The molecule has 0 bridgehead atoms. The maximum atomic E-state index is 13.7. The topological polar surface area (TPSA) is 80.0 Å². The minimum Gasteiger partial charge on any atom is -0.503 e. The molecule has 1 aliphatic heterocycles. The van der Waals surface area contributed by atoms with E-state index in [2.05, 4.69) is 15.9 Å². The number of ether oxygens (including phenoxy) is 1. The summed E-state index contributed by atoms with van der Waals surface area (Å²) in [5.41, 5.74) is 2.88. The molecule has 0 spiro atoms. The van der Waals surface area contributed by atoms with Gasteiger partial charge in [0.1, 0.15) is 5.58 Å². The molecule has 2 heterocycles. The lowest BCUT2D eigenvalue weighted by atomic mass is 9.97. The van der Waals surface area contributed by atoms with E-state index in [1.807, 2.05) is 43.3 Å². The Kier molecular flexibility index (Phi) is 5.21. The van der Waals surface area contributed by atoms with Gasteiger partial charge in [0.15, 0.2) is 16.9 Å². The van der Waals surface area contributed by atoms with Crippen molar-refractivity contribution in [3.8, 4) is 11.5 Å². The summed E-state index contributed by atoms with van der Waals surface area (Å²) in [6.07, 6.45) is 0. The second kappa shape index (κ2) is 8.08. The Morgan fingerprint density at radius 3 is 2.58 bits per heavy atom. The Morgan fingerprint density at radius 1 is 1.09 bits per heavy atom. The zero-order valence-electron chi connectivity index (χ0n) is 18.0. The van der Waals surface area contributed by atoms with Gasteiger partial charge in [0.05, 0.1) is 28.6 Å². The number of methoxy groups -OCH3 is 1. The molecule has 0 aliphatic carbocycles. The number of hydrogen-bond donors (Lipinski definition) is 1. The van der Waals surface area contributed by atoms with Crippen LogP contribution in [0.4, 0.5) is 0 Å². The molecule has 1 atom stereocenters. The first kappa shape index (κ1) is 21.3. The number of aromatic hydroxyl groups is 1. The molecule has 0 radical (unpaired) electrons. The van der Waals surface area contributed by atoms with Crippen molar-refractivity contribution in [2.24, 2.45) is 0 Å². The molecule has 7 heteroatoms. The summed E-state index contributed by atoms with van der Waals surface area (Å²) in [7, 11) is 1.45. The lowest BCUT2D eigenvalue weighted by Gasteiger charge is -2.26. The minimum atomic E-state index is -0.709. The molecule has 1 aliphatic rings. The zero-order valence-corrected chi connectivity index (χ0v) is 19.5. The fraction of sp³-hybridized carbons (Fsp3) is 0.154. The summed E-state index contributed by atoms with van der Waals surface area (Å²) in [5.74, 6) is -0.135. The Bertz CT molecular complexity index is 1460. The number of phenolic OH excluding ortho intramolecular Hbond substituents is 1. The van der Waals surface area contributed by atoms with Crippen LogP contribution in [0.15, 0.2) is 74.3 Å². The Morgan fingerprint density at radius 2 is 1.85 bits per heavy atom. The number of fused-ring (bicyclic) bond motifs is 2. The summed E-state index contributed by atoms with van der Waals surface area (Å²) in [6, 6.07) is 17.5. The first-order valence-electron chi connectivity index (χ1n) is 10.4. The predicted molar refractivity (Wildman–Crippen MR) is 128 cm³/mol. The van der Waals surface area contributed by atoms with Gasteiger partial charge < -0.3 is 19.2 Å². The molecule has 5 rings (SSSR count). The van der Waals surface area contributed by atoms with Crippen LogP contribution in [0.1, 0.15) is 38.9 Å². The molecule has 1 amide bonds. The van der Waals surface area contributed by atoms with Gasteiger partial charge >= 0.3 is 0 Å². The van der Waals surface area contributed by atoms with Crippen molar-refractivity contribution < 1.29 is 19.1 Å². The van der Waals surface area contributed by atoms with Crippen LogP contribution >= 0.6 is 15.9 Å². The molecular formula is C26H20BrNO5. The second-order valence-electron chi connectivity index (χ2n) is 8.05. The van der Waals surface area contributed by atoms with Gasteiger partial charge in [0.2, 0.25) is 5.76 Å². The summed E-state index contributed by atoms with van der Waals surface area (Å²) < 4.78 is 11.7. The van der Waals surface area contributed by atoms with E-state index in [1.165, 1.54) is 7.11 Å². The average molecular weight is 506 g/mol. The monoisotopic (exact) mass is 505 g/mol. The third kappa shape index (κ3) is 3.49. The number of carbonyl (C=O) groups is 1. The van der Waals surface area contributed by atoms with Gasteiger partial charge in [0, 0.05) is 6.54 Å². The molecule has 166 valence electrons. The molecular weight excluding hydrogens is 486 g/mol. The van der Waals surface area contributed by atoms with Crippen molar-refractivity contribution in [1.29, 1.82) is 0 Å². The molecule has 4 aromatic rings. The number of benzene rings is 3. The Hall–Kier alpha value is -3.58. The highest BCUT2D eigenvalue weighted by molar-refractivity contribution is 9.10. The first-order valence-corrected chi connectivity index (χ1v) is 11.2. The van der Waals surface area contributed by atoms with Crippen molar-refractivity contribution in [2.45, 2.75) is 19.5 Å². The van der Waals surface area contributed by atoms with Crippen LogP contribution in [0.5, 0.6) is 11.5 Å². The number of amides is 1. The molecule has 0 saturated heterocycles. The Labute approximate surface area is 198 Å². The molecule has 0 saturated carbocycles. The van der Waals surface area contributed by atoms with E-state index in [9.17, 15) is 14.7 Å². The number of rotatable bonds is 4. The first-order chi connectivity index (χ1) is 15.9. The summed E-state index contributed by atoms with van der Waals surface area (Å²) in [6.45, 7) is 2.18. The van der Waals surface area contributed by atoms with Crippen LogP contribution in [0.25, 0.3) is 11.0 Å². The van der Waals surface area contributed by atoms with Crippen LogP contribution < -0.4 is 10.2 Å². The highest BCUT2D eigenvalue weighted by atomic mass is 79.9. The van der Waals surface area contributed by atoms with E-state index in [0.29, 0.717) is 21.0 Å². The molecule has 3 aromatic carbocycles. The van der Waals surface area contributed by atoms with Gasteiger partial charge in [-0.1, -0.05) is 42.0 Å². The zero-order chi connectivity index (χ0) is 23.3. The smallest absolute Gasteiger partial charge is 0.291 e. The highest BCUT2D eigenvalue weighted by Crippen LogP contribution is 2.44. The highest BCUT2D eigenvalue weighted by Gasteiger charge is 2.43. The molecule has 1 N–H and O–H groups in total. The quantitative estimate of drug-likeness (QED) is 0.405. The number of hydrogen-bond acceptors (Lipinski definition) is 5. The van der Waals surface area contributed by atoms with Gasteiger partial charge in [-0.2, -0.15) is 0 Å². The molecule has 1 aromatic heterocycles. The van der Waals surface area contributed by atoms with Gasteiger partial charge in [-0.25, -0.2) is 0 Å². The van der Waals surface area contributed by atoms with Crippen LogP contribution in [0.2, 0.25) is 0 Å². The number of aryl methyl sites for hydroxylation is 1. The fourth-order valence-corrected chi connectivity index (χ4v) is 4.79. The lowest BCUT2D eigenvalue weighted by molar-refractivity contribution is 0.0714. The van der Waals surface area contributed by atoms with Crippen LogP contribution in [-0.4, -0.2) is 23.0 Å². The van der Waals surface area contributed by atoms with Crippen LogP contribution in [0, 0.1) is 6.92 Å². The summed E-state index contributed by atoms with van der Waals surface area (Å²) in [5, 5.41) is 10.7. The largest absolute Gasteiger partial charge is 0.503 e. The standard InChI is InChI=1S/C26H20BrNO5/c1-14-8-9-19-17(10-14)23(29)21-22(16-11-18(27)24(30)20(12-16)32-2)28(26(31)25(21)33-19)13-15-6-4-3-5-7-15/h3-12,22,30H,13H2,1-2H3/t22-/m0/s1. The number of halogens is 1. The normalized spacial score (nSPS) is 15.2. The van der Waals surface area contributed by atoms with Gasteiger partial charge in [-0.3, -0.25) is 9.59 Å². The summed E-state index contributed by atoms with van der Waals surface area (Å²) in [4.78, 5) is 28.8. The predicted octanol–water partition coefficient (Wildman–Crippen LogP) is 5.32. The van der Waals surface area contributed by atoms with Gasteiger partial charge in [0.25, 0.3) is 5.91 Å². The second-order valence-corrected chi connectivity index (χ2v) is 8.90. The molecule has 0 fully saturated rings. The van der Waals surface area contributed by atoms with Crippen molar-refractivity contribution in [3.63, 3.8) is 0 Å². The van der Waals surface area contributed by atoms with Crippen molar-refractivity contribution >= 4 is 32.8 Å².